The van der Waals surface area contributed by atoms with Gasteiger partial charge < -0.3 is 10.0 Å². The maximum Gasteiger partial charge on any atom is 0.261 e. The van der Waals surface area contributed by atoms with Crippen LogP contribution in [0.25, 0.3) is 0 Å². The molecule has 0 aromatic carbocycles. The number of likely N-dealkylation sites (N-methyl/N-ethyl adjacent to an activating group) is 1. The molecule has 2 atom stereocenters. The van der Waals surface area contributed by atoms with Crippen molar-refractivity contribution >= 4 is 11.7 Å². The summed E-state index contributed by atoms with van der Waals surface area (Å²) in [5.74, 6) is 0.00784. The maximum absolute atomic E-state index is 12.3. The molecule has 1 aliphatic rings. The molecule has 0 aromatic heterocycles. The van der Waals surface area contributed by atoms with Gasteiger partial charge in [0.2, 0.25) is 0 Å². The maximum atomic E-state index is 12.3. The Hall–Kier alpha value is -1.32. The Labute approximate surface area is 153 Å². The molecule has 0 aliphatic carbocycles. The van der Waals surface area contributed by atoms with Gasteiger partial charge in [-0.15, -0.1) is 0 Å². The molecule has 1 amide bonds. The van der Waals surface area contributed by atoms with Crippen LogP contribution in [0.2, 0.25) is 0 Å². The standard InChI is InChI=1S/C21H37NO3/c1-5-6-7-8-9-10-11-13-16(2)14-12-15-18(23)19-20(24)17(3)22(4)21(19)25/h16-17,24H,5-15H2,1-4H3. The lowest BCUT2D eigenvalue weighted by atomic mass is 9.95. The van der Waals surface area contributed by atoms with E-state index in [1.54, 1.807) is 14.0 Å². The van der Waals surface area contributed by atoms with Crippen molar-refractivity contribution in [3.63, 3.8) is 0 Å². The van der Waals surface area contributed by atoms with Crippen molar-refractivity contribution in [3.8, 4) is 0 Å². The Morgan fingerprint density at radius 1 is 1.08 bits per heavy atom. The highest BCUT2D eigenvalue weighted by molar-refractivity contribution is 6.21. The quantitative estimate of drug-likeness (QED) is 0.367. The monoisotopic (exact) mass is 351 g/mol. The van der Waals surface area contributed by atoms with Gasteiger partial charge in [-0.2, -0.15) is 0 Å². The topological polar surface area (TPSA) is 57.6 Å². The van der Waals surface area contributed by atoms with Gasteiger partial charge in [0.15, 0.2) is 5.78 Å². The van der Waals surface area contributed by atoms with Gasteiger partial charge in [-0.25, -0.2) is 0 Å². The Morgan fingerprint density at radius 3 is 2.20 bits per heavy atom. The molecule has 1 rings (SSSR count). The summed E-state index contributed by atoms with van der Waals surface area (Å²) in [6, 6.07) is -0.386. The van der Waals surface area contributed by atoms with Gasteiger partial charge in [0.25, 0.3) is 5.91 Å². The number of unbranched alkanes of at least 4 members (excludes halogenated alkanes) is 6. The van der Waals surface area contributed by atoms with Gasteiger partial charge in [-0.1, -0.05) is 71.6 Å². The third-order valence-corrected chi connectivity index (χ3v) is 5.45. The molecule has 4 heteroatoms. The van der Waals surface area contributed by atoms with Crippen LogP contribution in [0.4, 0.5) is 0 Å². The number of Topliss-reactive ketones (excluding diaryl/α,β-unsaturated/α-hetero) is 1. The molecule has 0 aromatic rings. The largest absolute Gasteiger partial charge is 0.509 e. The summed E-state index contributed by atoms with van der Waals surface area (Å²) in [4.78, 5) is 25.7. The molecule has 0 spiro atoms. The Balaban J connectivity index is 2.18. The molecule has 0 fully saturated rings. The summed E-state index contributed by atoms with van der Waals surface area (Å²) < 4.78 is 0. The predicted octanol–water partition coefficient (Wildman–Crippen LogP) is 5.18. The number of amides is 1. The molecule has 25 heavy (non-hydrogen) atoms. The fraction of sp³-hybridized carbons (Fsp3) is 0.810. The molecule has 1 aliphatic heterocycles. The van der Waals surface area contributed by atoms with Gasteiger partial charge >= 0.3 is 0 Å². The van der Waals surface area contributed by atoms with E-state index in [0.29, 0.717) is 12.3 Å². The van der Waals surface area contributed by atoms with E-state index < -0.39 is 0 Å². The highest BCUT2D eigenvalue weighted by Gasteiger charge is 2.37. The third-order valence-electron chi connectivity index (χ3n) is 5.45. The van der Waals surface area contributed by atoms with Crippen LogP contribution in [0.3, 0.4) is 0 Å². The Bertz CT molecular complexity index is 470. The van der Waals surface area contributed by atoms with E-state index in [1.165, 1.54) is 56.3 Å². The van der Waals surface area contributed by atoms with Crippen LogP contribution in [0.5, 0.6) is 0 Å². The van der Waals surface area contributed by atoms with E-state index in [2.05, 4.69) is 13.8 Å². The van der Waals surface area contributed by atoms with E-state index in [0.717, 1.165) is 12.8 Å². The van der Waals surface area contributed by atoms with Crippen LogP contribution in [-0.2, 0) is 9.59 Å². The summed E-state index contributed by atoms with van der Waals surface area (Å²) in [5, 5.41) is 9.99. The van der Waals surface area contributed by atoms with Crippen LogP contribution in [0.15, 0.2) is 11.3 Å². The fourth-order valence-corrected chi connectivity index (χ4v) is 3.45. The highest BCUT2D eigenvalue weighted by Crippen LogP contribution is 2.25. The second-order valence-electron chi connectivity index (χ2n) is 7.68. The number of carbonyl (C=O) groups is 2. The van der Waals surface area contributed by atoms with Crippen molar-refractivity contribution in [2.75, 3.05) is 7.05 Å². The van der Waals surface area contributed by atoms with Crippen molar-refractivity contribution in [2.24, 2.45) is 5.92 Å². The van der Waals surface area contributed by atoms with Crippen molar-refractivity contribution < 1.29 is 14.7 Å². The number of aliphatic hydroxyl groups excluding tert-OH is 1. The van der Waals surface area contributed by atoms with Crippen molar-refractivity contribution in [2.45, 2.75) is 97.4 Å². The van der Waals surface area contributed by atoms with Crippen LogP contribution >= 0.6 is 0 Å². The zero-order chi connectivity index (χ0) is 18.8. The second-order valence-corrected chi connectivity index (χ2v) is 7.68. The van der Waals surface area contributed by atoms with Crippen LogP contribution in [0.1, 0.15) is 91.4 Å². The lowest BCUT2D eigenvalue weighted by Crippen LogP contribution is -2.30. The van der Waals surface area contributed by atoms with Gasteiger partial charge in [0.05, 0.1) is 6.04 Å². The summed E-state index contributed by atoms with van der Waals surface area (Å²) in [7, 11) is 1.62. The molecule has 1 N–H and O–H groups in total. The van der Waals surface area contributed by atoms with Crippen molar-refractivity contribution in [1.29, 1.82) is 0 Å². The molecule has 4 nitrogen and oxygen atoms in total. The summed E-state index contributed by atoms with van der Waals surface area (Å²) in [6.07, 6.45) is 12.7. The number of aliphatic hydroxyl groups is 1. The number of ketones is 1. The summed E-state index contributed by atoms with van der Waals surface area (Å²) in [6.45, 7) is 6.22. The number of rotatable bonds is 13. The first kappa shape index (κ1) is 21.7. The van der Waals surface area contributed by atoms with E-state index in [-0.39, 0.29) is 29.1 Å². The first-order chi connectivity index (χ1) is 11.9. The molecule has 0 saturated carbocycles. The van der Waals surface area contributed by atoms with Crippen LogP contribution in [0, 0.1) is 5.92 Å². The first-order valence-corrected chi connectivity index (χ1v) is 10.1. The van der Waals surface area contributed by atoms with Gasteiger partial charge in [-0.05, 0) is 19.3 Å². The zero-order valence-corrected chi connectivity index (χ0v) is 16.6. The second kappa shape index (κ2) is 11.3. The normalized spacial score (nSPS) is 19.0. The Kier molecular flexibility index (Phi) is 9.84. The minimum Gasteiger partial charge on any atom is -0.509 e. The number of nitrogens with zero attached hydrogens (tertiary/aromatic N) is 1. The molecule has 0 saturated heterocycles. The molecule has 0 radical (unpaired) electrons. The van der Waals surface area contributed by atoms with E-state index in [4.69, 9.17) is 0 Å². The number of carbonyl (C=O) groups excluding carboxylic acids is 2. The molecule has 144 valence electrons. The highest BCUT2D eigenvalue weighted by atomic mass is 16.3. The molecule has 2 unspecified atom stereocenters. The molecular formula is C21H37NO3. The lowest BCUT2D eigenvalue weighted by Gasteiger charge is -2.14. The fourth-order valence-electron chi connectivity index (χ4n) is 3.45. The summed E-state index contributed by atoms with van der Waals surface area (Å²) >= 11 is 0. The van der Waals surface area contributed by atoms with Crippen LogP contribution in [-0.4, -0.2) is 34.8 Å². The van der Waals surface area contributed by atoms with Crippen LogP contribution < -0.4 is 0 Å². The van der Waals surface area contributed by atoms with E-state index in [9.17, 15) is 14.7 Å². The smallest absolute Gasteiger partial charge is 0.261 e. The summed E-state index contributed by atoms with van der Waals surface area (Å²) in [5.41, 5.74) is 0.00901. The van der Waals surface area contributed by atoms with E-state index in [1.807, 2.05) is 0 Å². The van der Waals surface area contributed by atoms with E-state index >= 15 is 0 Å². The van der Waals surface area contributed by atoms with Gasteiger partial charge in [0.1, 0.15) is 11.3 Å². The zero-order valence-electron chi connectivity index (χ0n) is 16.6. The minimum atomic E-state index is -0.386. The molecule has 1 heterocycles. The SMILES string of the molecule is CCCCCCCCCC(C)CCCC(=O)C1=C(O)C(C)N(C)C1=O. The first-order valence-electron chi connectivity index (χ1n) is 10.1. The van der Waals surface area contributed by atoms with Gasteiger partial charge in [0, 0.05) is 13.5 Å². The van der Waals surface area contributed by atoms with Gasteiger partial charge in [-0.3, -0.25) is 9.59 Å². The van der Waals surface area contributed by atoms with Crippen molar-refractivity contribution in [1.82, 2.24) is 4.90 Å². The minimum absolute atomic E-state index is 0.00901. The molecular weight excluding hydrogens is 314 g/mol. The third kappa shape index (κ3) is 6.83. The molecule has 0 bridgehead atoms. The number of hydrogen-bond acceptors (Lipinski definition) is 3. The Morgan fingerprint density at radius 2 is 1.64 bits per heavy atom. The average Bonchev–Trinajstić information content (AvgIpc) is 2.77. The number of hydrogen-bond donors (Lipinski definition) is 1. The predicted molar refractivity (Wildman–Crippen MR) is 103 cm³/mol. The lowest BCUT2D eigenvalue weighted by molar-refractivity contribution is -0.128. The van der Waals surface area contributed by atoms with Crippen molar-refractivity contribution in [3.05, 3.63) is 11.3 Å². The average molecular weight is 352 g/mol.